The second-order valence-corrected chi connectivity index (χ2v) is 16.0. The monoisotopic (exact) mass is 907 g/mol. The van der Waals surface area contributed by atoms with Gasteiger partial charge in [0.25, 0.3) is 0 Å². The third kappa shape index (κ3) is 8.80. The Labute approximate surface area is 386 Å². The molecule has 0 saturated carbocycles. The van der Waals surface area contributed by atoms with Crippen LogP contribution < -0.4 is 26.0 Å². The van der Waals surface area contributed by atoms with Crippen LogP contribution in [0.2, 0.25) is 0 Å². The maximum Gasteiger partial charge on any atom is 0.421 e. The zero-order valence-electron chi connectivity index (χ0n) is 36.4. The number of rotatable bonds is 14. The van der Waals surface area contributed by atoms with E-state index in [0.717, 1.165) is 4.90 Å². The smallest absolute Gasteiger partial charge is 0.421 e. The SMILES string of the molecule is COCCOC(=O)N1C(=O)[C@@]2(c3cc(C#CCNC(N)=O)ccc31)[C@H](c1ccccc1OCCO)N1[C@H](c3ccccc3)[C@H](c3ccccc3)OC(=O)[C@H]1[C@@H]2C(=O)NC[C@H](O)c1ccccc1. The maximum atomic E-state index is 16.3. The van der Waals surface area contributed by atoms with E-state index in [1.807, 2.05) is 65.6 Å². The third-order valence-corrected chi connectivity index (χ3v) is 12.2. The molecular formula is C51H49N5O11. The number of nitrogens with zero attached hydrogens (tertiary/aromatic N) is 2. The summed E-state index contributed by atoms with van der Waals surface area (Å²) in [6.45, 7) is -1.18. The van der Waals surface area contributed by atoms with E-state index in [4.69, 9.17) is 24.7 Å². The Morgan fingerprint density at radius 3 is 2.19 bits per heavy atom. The van der Waals surface area contributed by atoms with Crippen LogP contribution in [0.3, 0.4) is 0 Å². The fourth-order valence-corrected chi connectivity index (χ4v) is 9.58. The molecule has 0 aromatic heterocycles. The van der Waals surface area contributed by atoms with Crippen molar-refractivity contribution in [1.29, 1.82) is 0 Å². The molecule has 3 heterocycles. The summed E-state index contributed by atoms with van der Waals surface area (Å²) in [6.07, 6.45) is -3.27. The number of nitrogens with one attached hydrogen (secondary N) is 2. The number of aliphatic hydroxyl groups is 2. The fourth-order valence-electron chi connectivity index (χ4n) is 9.58. The number of aliphatic hydroxyl groups excluding tert-OH is 2. The minimum absolute atomic E-state index is 0.00786. The molecule has 7 atom stereocenters. The lowest BCUT2D eigenvalue weighted by molar-refractivity contribution is -0.178. The molecule has 16 nitrogen and oxygen atoms in total. The molecule has 0 aliphatic carbocycles. The molecule has 0 bridgehead atoms. The number of fused-ring (bicyclic) bond motifs is 3. The molecule has 8 rings (SSSR count). The van der Waals surface area contributed by atoms with Crippen molar-refractivity contribution < 1.29 is 53.1 Å². The molecule has 344 valence electrons. The average Bonchev–Trinajstić information content (AvgIpc) is 3.80. The highest BCUT2D eigenvalue weighted by atomic mass is 16.6. The highest BCUT2D eigenvalue weighted by Crippen LogP contribution is 2.66. The number of esters is 1. The predicted molar refractivity (Wildman–Crippen MR) is 243 cm³/mol. The van der Waals surface area contributed by atoms with Gasteiger partial charge in [0.2, 0.25) is 11.8 Å². The quantitative estimate of drug-likeness (QED) is 0.0596. The van der Waals surface area contributed by atoms with Crippen molar-refractivity contribution in [1.82, 2.24) is 15.5 Å². The largest absolute Gasteiger partial charge is 0.491 e. The molecule has 2 fully saturated rings. The number of anilines is 1. The van der Waals surface area contributed by atoms with Crippen molar-refractivity contribution in [2.45, 2.75) is 35.7 Å². The lowest BCUT2D eigenvalue weighted by atomic mass is 9.65. The Balaban J connectivity index is 1.44. The number of hydrogen-bond donors (Lipinski definition) is 5. The number of morpholine rings is 1. The van der Waals surface area contributed by atoms with Crippen LogP contribution in [0.1, 0.15) is 57.7 Å². The number of carbonyl (C=O) groups excluding carboxylic acids is 5. The predicted octanol–water partition coefficient (Wildman–Crippen LogP) is 4.38. The summed E-state index contributed by atoms with van der Waals surface area (Å²) < 4.78 is 23.5. The first-order chi connectivity index (χ1) is 32.6. The normalized spacial score (nSPS) is 22.1. The standard InChI is InChI=1S/C51H49N5O11/c1-64-28-29-66-50(63)55-38-24-23-32(14-13-25-53-49(52)62)30-37(38)51(48(55)61)41(46(59)54-31-39(58)33-15-5-2-6-16-33)43-47(60)67-44(35-19-9-4-10-20-35)42(34-17-7-3-8-18-34)56(43)45(51)36-21-11-12-22-40(36)65-27-26-57/h2-12,15-24,30,39,41-45,57-58H,25-29,31H2,1H3,(H,54,59)(H3,52,53,62)/t39-,41+,42+,43+,44-,45-,51+/m0/s1. The molecule has 5 amide bonds. The van der Waals surface area contributed by atoms with Gasteiger partial charge in [-0.1, -0.05) is 121 Å². The van der Waals surface area contributed by atoms with Crippen LogP contribution in [0.5, 0.6) is 5.75 Å². The van der Waals surface area contributed by atoms with Crippen LogP contribution in [0.4, 0.5) is 15.3 Å². The molecule has 16 heteroatoms. The summed E-state index contributed by atoms with van der Waals surface area (Å²) in [7, 11) is 1.43. The van der Waals surface area contributed by atoms with E-state index < -0.39 is 71.6 Å². The number of amides is 5. The van der Waals surface area contributed by atoms with E-state index in [-0.39, 0.29) is 56.5 Å². The molecule has 1 spiro atoms. The number of para-hydroxylation sites is 1. The van der Waals surface area contributed by atoms with Crippen molar-refractivity contribution in [3.8, 4) is 17.6 Å². The summed E-state index contributed by atoms with van der Waals surface area (Å²) in [5.41, 5.74) is 5.76. The Kier molecular flexibility index (Phi) is 13.9. The number of methoxy groups -OCH3 is 1. The molecule has 0 unspecified atom stereocenters. The van der Waals surface area contributed by atoms with E-state index >= 15 is 14.4 Å². The average molecular weight is 908 g/mol. The zero-order chi connectivity index (χ0) is 47.1. The van der Waals surface area contributed by atoms with Gasteiger partial charge < -0.3 is 45.5 Å². The Bertz CT molecular complexity index is 2680. The lowest BCUT2D eigenvalue weighted by Crippen LogP contribution is -2.56. The van der Waals surface area contributed by atoms with Gasteiger partial charge in [-0.3, -0.25) is 19.3 Å². The van der Waals surface area contributed by atoms with E-state index in [1.54, 1.807) is 66.7 Å². The van der Waals surface area contributed by atoms with Crippen molar-refractivity contribution in [3.63, 3.8) is 0 Å². The summed E-state index contributed by atoms with van der Waals surface area (Å²) >= 11 is 0. The van der Waals surface area contributed by atoms with Crippen molar-refractivity contribution in [2.24, 2.45) is 11.7 Å². The summed E-state index contributed by atoms with van der Waals surface area (Å²) in [5, 5.41) is 26.7. The van der Waals surface area contributed by atoms with Gasteiger partial charge in [-0.2, -0.15) is 0 Å². The Hall–Kier alpha value is -7.55. The van der Waals surface area contributed by atoms with E-state index in [0.29, 0.717) is 27.8 Å². The molecule has 67 heavy (non-hydrogen) atoms. The number of ether oxygens (including phenoxy) is 4. The van der Waals surface area contributed by atoms with Crippen LogP contribution in [0.25, 0.3) is 0 Å². The van der Waals surface area contributed by atoms with Crippen molar-refractivity contribution >= 4 is 35.6 Å². The molecule has 3 aliphatic heterocycles. The van der Waals surface area contributed by atoms with Gasteiger partial charge in [0.15, 0.2) is 0 Å². The number of benzene rings is 5. The van der Waals surface area contributed by atoms with Gasteiger partial charge in [0.1, 0.15) is 36.5 Å². The van der Waals surface area contributed by atoms with Crippen LogP contribution in [-0.2, 0) is 34.0 Å². The second-order valence-electron chi connectivity index (χ2n) is 16.0. The minimum Gasteiger partial charge on any atom is -0.491 e. The second kappa shape index (κ2) is 20.3. The first-order valence-corrected chi connectivity index (χ1v) is 21.7. The van der Waals surface area contributed by atoms with Crippen LogP contribution in [0.15, 0.2) is 133 Å². The van der Waals surface area contributed by atoms with E-state index in [9.17, 15) is 19.8 Å². The van der Waals surface area contributed by atoms with Gasteiger partial charge in [0.05, 0.1) is 49.6 Å². The summed E-state index contributed by atoms with van der Waals surface area (Å²) in [5.74, 6) is 1.84. The minimum atomic E-state index is -2.21. The Morgan fingerprint density at radius 1 is 0.836 bits per heavy atom. The number of carbonyl (C=O) groups is 5. The number of cyclic esters (lactones) is 1. The number of nitrogens with two attached hydrogens (primary N) is 1. The fraction of sp³-hybridized carbons (Fsp3) is 0.275. The molecule has 6 N–H and O–H groups in total. The van der Waals surface area contributed by atoms with Crippen LogP contribution >= 0.6 is 0 Å². The molecular weight excluding hydrogens is 859 g/mol. The highest BCUT2D eigenvalue weighted by Gasteiger charge is 2.76. The molecule has 0 radical (unpaired) electrons. The van der Waals surface area contributed by atoms with Crippen molar-refractivity contribution in [2.75, 3.05) is 51.5 Å². The molecule has 2 saturated heterocycles. The zero-order valence-corrected chi connectivity index (χ0v) is 36.4. The first-order valence-electron chi connectivity index (χ1n) is 21.7. The van der Waals surface area contributed by atoms with Crippen LogP contribution in [0, 0.1) is 17.8 Å². The Morgan fingerprint density at radius 2 is 1.51 bits per heavy atom. The molecule has 3 aliphatic rings. The van der Waals surface area contributed by atoms with Crippen LogP contribution in [-0.4, -0.2) is 97.7 Å². The van der Waals surface area contributed by atoms with E-state index in [2.05, 4.69) is 22.5 Å². The van der Waals surface area contributed by atoms with Gasteiger partial charge in [0, 0.05) is 24.8 Å². The third-order valence-electron chi connectivity index (χ3n) is 12.2. The topological polar surface area (TPSA) is 219 Å². The number of primary amides is 1. The number of imide groups is 1. The van der Waals surface area contributed by atoms with Crippen molar-refractivity contribution in [3.05, 3.63) is 167 Å². The molecule has 5 aromatic carbocycles. The van der Waals surface area contributed by atoms with Gasteiger partial charge in [-0.25, -0.2) is 14.5 Å². The molecule has 5 aromatic rings. The van der Waals surface area contributed by atoms with E-state index in [1.165, 1.54) is 13.2 Å². The summed E-state index contributed by atoms with van der Waals surface area (Å²) in [6, 6.07) is 34.0. The van der Waals surface area contributed by atoms with Gasteiger partial charge >= 0.3 is 18.1 Å². The number of hydrogen-bond acceptors (Lipinski definition) is 12. The maximum absolute atomic E-state index is 16.3. The van der Waals surface area contributed by atoms with Gasteiger partial charge in [-0.05, 0) is 46.5 Å². The lowest BCUT2D eigenvalue weighted by Gasteiger charge is -2.46. The summed E-state index contributed by atoms with van der Waals surface area (Å²) in [4.78, 5) is 76.0. The first kappa shape index (κ1) is 46.0. The highest BCUT2D eigenvalue weighted by molar-refractivity contribution is 6.23. The van der Waals surface area contributed by atoms with Gasteiger partial charge in [-0.15, -0.1) is 0 Å². The number of urea groups is 1.